The van der Waals surface area contributed by atoms with Gasteiger partial charge in [0.1, 0.15) is 11.8 Å². The molecule has 0 bridgehead atoms. The molecule has 0 saturated heterocycles. The summed E-state index contributed by atoms with van der Waals surface area (Å²) in [4.78, 5) is 9.94. The molecule has 3 nitrogen and oxygen atoms in total. The monoisotopic (exact) mass is 166 g/mol. The molecule has 6 heteroatoms. The van der Waals surface area contributed by atoms with Crippen molar-refractivity contribution in [2.45, 2.75) is 18.6 Å². The number of hydrogen-bond acceptors (Lipinski definition) is 3. The first-order valence-corrected chi connectivity index (χ1v) is 2.88. The SMILES string of the molecule is O=CC1=NN[C@@H](C(F)(F)F)C1. The Morgan fingerprint density at radius 1 is 1.64 bits per heavy atom. The van der Waals surface area contributed by atoms with Gasteiger partial charge in [0.25, 0.3) is 0 Å². The Kier molecular flexibility index (Phi) is 1.84. The molecule has 1 heterocycles. The van der Waals surface area contributed by atoms with Crippen molar-refractivity contribution in [3.8, 4) is 0 Å². The summed E-state index contributed by atoms with van der Waals surface area (Å²) >= 11 is 0. The maximum absolute atomic E-state index is 11.8. The van der Waals surface area contributed by atoms with Gasteiger partial charge in [0.15, 0.2) is 6.29 Å². The molecule has 0 aromatic rings. The molecular weight excluding hydrogens is 161 g/mol. The van der Waals surface area contributed by atoms with Crippen molar-refractivity contribution in [3.05, 3.63) is 0 Å². The van der Waals surface area contributed by atoms with Crippen LogP contribution >= 0.6 is 0 Å². The lowest BCUT2D eigenvalue weighted by molar-refractivity contribution is -0.151. The highest BCUT2D eigenvalue weighted by atomic mass is 19.4. The molecule has 62 valence electrons. The summed E-state index contributed by atoms with van der Waals surface area (Å²) in [6, 6.07) is -1.69. The first-order valence-electron chi connectivity index (χ1n) is 2.88. The second-order valence-corrected chi connectivity index (χ2v) is 2.15. The molecule has 1 aliphatic heterocycles. The van der Waals surface area contributed by atoms with Gasteiger partial charge in [-0.25, -0.2) is 0 Å². The first kappa shape index (κ1) is 8.03. The van der Waals surface area contributed by atoms with Crippen LogP contribution < -0.4 is 5.43 Å². The molecule has 1 aliphatic rings. The van der Waals surface area contributed by atoms with Crippen LogP contribution in [0.25, 0.3) is 0 Å². The fraction of sp³-hybridized carbons (Fsp3) is 0.600. The van der Waals surface area contributed by atoms with Crippen molar-refractivity contribution in [1.82, 2.24) is 5.43 Å². The largest absolute Gasteiger partial charge is 0.410 e. The van der Waals surface area contributed by atoms with Gasteiger partial charge in [-0.2, -0.15) is 18.3 Å². The maximum atomic E-state index is 11.8. The second-order valence-electron chi connectivity index (χ2n) is 2.15. The Balaban J connectivity index is 2.54. The maximum Gasteiger partial charge on any atom is 0.410 e. The summed E-state index contributed by atoms with van der Waals surface area (Å²) in [7, 11) is 0. The molecule has 0 spiro atoms. The minimum atomic E-state index is -4.33. The summed E-state index contributed by atoms with van der Waals surface area (Å²) in [5, 5.41) is 3.18. The van der Waals surface area contributed by atoms with Gasteiger partial charge in [0.2, 0.25) is 0 Å². The average molecular weight is 166 g/mol. The Labute approximate surface area is 60.3 Å². The highest BCUT2D eigenvalue weighted by Crippen LogP contribution is 2.24. The van der Waals surface area contributed by atoms with Crippen LogP contribution in [0, 0.1) is 0 Å². The molecule has 1 atom stereocenters. The number of hydrogen-bond donors (Lipinski definition) is 1. The third-order valence-electron chi connectivity index (χ3n) is 1.31. The number of hydrazone groups is 1. The van der Waals surface area contributed by atoms with Crippen molar-refractivity contribution in [2.75, 3.05) is 0 Å². The standard InChI is InChI=1S/C5H5F3N2O/c6-5(7,8)4-1-3(2-11)9-10-4/h2,4,10H,1H2/t4-/m1/s1. The van der Waals surface area contributed by atoms with Gasteiger partial charge in [-0.05, 0) is 0 Å². The molecule has 0 fully saturated rings. The number of nitrogens with zero attached hydrogens (tertiary/aromatic N) is 1. The lowest BCUT2D eigenvalue weighted by Crippen LogP contribution is -2.36. The Hall–Kier alpha value is -1.07. The van der Waals surface area contributed by atoms with E-state index < -0.39 is 12.2 Å². The molecule has 0 saturated carbocycles. The highest BCUT2D eigenvalue weighted by Gasteiger charge is 2.42. The van der Waals surface area contributed by atoms with Crippen LogP contribution in [0.4, 0.5) is 13.2 Å². The van der Waals surface area contributed by atoms with Crippen molar-refractivity contribution >= 4 is 12.0 Å². The normalized spacial score (nSPS) is 24.3. The number of alkyl halides is 3. The molecule has 1 rings (SSSR count). The smallest absolute Gasteiger partial charge is 0.297 e. The van der Waals surface area contributed by atoms with Crippen LogP contribution in [-0.4, -0.2) is 24.2 Å². The predicted molar refractivity (Wildman–Crippen MR) is 31.1 cm³/mol. The summed E-state index contributed by atoms with van der Waals surface area (Å²) in [6.45, 7) is 0. The quantitative estimate of drug-likeness (QED) is 0.575. The van der Waals surface area contributed by atoms with E-state index >= 15 is 0 Å². The Bertz CT molecular complexity index is 198. The van der Waals surface area contributed by atoms with Gasteiger partial charge in [0.05, 0.1) is 0 Å². The zero-order valence-corrected chi connectivity index (χ0v) is 5.35. The van der Waals surface area contributed by atoms with Gasteiger partial charge in [-0.1, -0.05) is 0 Å². The minimum absolute atomic E-state index is 0.0904. The lowest BCUT2D eigenvalue weighted by Gasteiger charge is -2.12. The number of carbonyl (C=O) groups excluding carboxylic acids is 1. The van der Waals surface area contributed by atoms with E-state index in [1.807, 2.05) is 5.43 Å². The van der Waals surface area contributed by atoms with Gasteiger partial charge in [-0.15, -0.1) is 0 Å². The van der Waals surface area contributed by atoms with Crippen LogP contribution in [-0.2, 0) is 4.79 Å². The number of rotatable bonds is 1. The fourth-order valence-corrected chi connectivity index (χ4v) is 0.725. The van der Waals surface area contributed by atoms with E-state index in [0.717, 1.165) is 0 Å². The van der Waals surface area contributed by atoms with Gasteiger partial charge < -0.3 is 0 Å². The topological polar surface area (TPSA) is 41.5 Å². The zero-order chi connectivity index (χ0) is 8.48. The van der Waals surface area contributed by atoms with Crippen molar-refractivity contribution in [2.24, 2.45) is 5.10 Å². The predicted octanol–water partition coefficient (Wildman–Crippen LogP) is 0.465. The third kappa shape index (κ3) is 1.69. The average Bonchev–Trinajstić information content (AvgIpc) is 2.32. The molecule has 0 aromatic carbocycles. The fourth-order valence-electron chi connectivity index (χ4n) is 0.725. The van der Waals surface area contributed by atoms with Crippen LogP contribution in [0.2, 0.25) is 0 Å². The number of halogens is 3. The van der Waals surface area contributed by atoms with Crippen molar-refractivity contribution in [1.29, 1.82) is 0 Å². The molecule has 1 N–H and O–H groups in total. The van der Waals surface area contributed by atoms with E-state index in [1.54, 1.807) is 0 Å². The highest BCUT2D eigenvalue weighted by molar-refractivity contribution is 6.28. The molecule has 0 amide bonds. The van der Waals surface area contributed by atoms with Crippen LogP contribution in [0.1, 0.15) is 6.42 Å². The van der Waals surface area contributed by atoms with Crippen molar-refractivity contribution in [3.63, 3.8) is 0 Å². The lowest BCUT2D eigenvalue weighted by atomic mass is 10.2. The summed E-state index contributed by atoms with van der Waals surface area (Å²) in [6.07, 6.45) is -4.38. The van der Waals surface area contributed by atoms with E-state index in [0.29, 0.717) is 6.29 Å². The van der Waals surface area contributed by atoms with E-state index in [9.17, 15) is 18.0 Å². The summed E-state index contributed by atoms with van der Waals surface area (Å²) in [5.74, 6) is 0. The van der Waals surface area contributed by atoms with E-state index in [-0.39, 0.29) is 12.1 Å². The first-order chi connectivity index (χ1) is 5.04. The van der Waals surface area contributed by atoms with Gasteiger partial charge in [0, 0.05) is 6.42 Å². The van der Waals surface area contributed by atoms with Gasteiger partial charge >= 0.3 is 6.18 Å². The van der Waals surface area contributed by atoms with E-state index in [4.69, 9.17) is 0 Å². The minimum Gasteiger partial charge on any atom is -0.297 e. The molecule has 0 aliphatic carbocycles. The number of carbonyl (C=O) groups is 1. The van der Waals surface area contributed by atoms with Crippen LogP contribution in [0.5, 0.6) is 0 Å². The van der Waals surface area contributed by atoms with Gasteiger partial charge in [-0.3, -0.25) is 10.2 Å². The van der Waals surface area contributed by atoms with E-state index in [2.05, 4.69) is 5.10 Å². The van der Waals surface area contributed by atoms with E-state index in [1.165, 1.54) is 0 Å². The van der Waals surface area contributed by atoms with Crippen LogP contribution in [0.15, 0.2) is 5.10 Å². The molecule has 0 radical (unpaired) electrons. The number of aldehydes is 1. The third-order valence-corrected chi connectivity index (χ3v) is 1.31. The molecular formula is C5H5F3N2O. The van der Waals surface area contributed by atoms with Crippen LogP contribution in [0.3, 0.4) is 0 Å². The Morgan fingerprint density at radius 2 is 2.27 bits per heavy atom. The summed E-state index contributed by atoms with van der Waals surface area (Å²) < 4.78 is 35.5. The molecule has 0 unspecified atom stereocenters. The summed E-state index contributed by atoms with van der Waals surface area (Å²) in [5.41, 5.74) is 1.74. The second kappa shape index (κ2) is 2.52. The molecule has 11 heavy (non-hydrogen) atoms. The number of nitrogens with one attached hydrogen (secondary N) is 1. The zero-order valence-electron chi connectivity index (χ0n) is 5.35. The Morgan fingerprint density at radius 3 is 2.55 bits per heavy atom. The molecule has 0 aromatic heterocycles. The van der Waals surface area contributed by atoms with Crippen molar-refractivity contribution < 1.29 is 18.0 Å².